The lowest BCUT2D eigenvalue weighted by molar-refractivity contribution is 0.556. The second kappa shape index (κ2) is 2.74. The highest BCUT2D eigenvalue weighted by Gasteiger charge is 2.45. The van der Waals surface area contributed by atoms with E-state index in [2.05, 4.69) is 15.1 Å². The van der Waals surface area contributed by atoms with Crippen molar-refractivity contribution < 1.29 is 4.79 Å². The zero-order valence-electron chi connectivity index (χ0n) is 7.92. The lowest BCUT2D eigenvalue weighted by Gasteiger charge is -2.06. The van der Waals surface area contributed by atoms with Gasteiger partial charge in [-0.1, -0.05) is 0 Å². The predicted molar refractivity (Wildman–Crippen MR) is 52.0 cm³/mol. The fraction of sp³-hybridized carbons (Fsp3) is 0.300. The first-order valence-corrected chi connectivity index (χ1v) is 4.73. The van der Waals surface area contributed by atoms with Gasteiger partial charge in [0.1, 0.15) is 5.54 Å². The molecule has 0 aromatic carbocycles. The van der Waals surface area contributed by atoms with Gasteiger partial charge in [0.05, 0.1) is 6.20 Å². The molecule has 15 heavy (non-hydrogen) atoms. The topological polar surface area (TPSA) is 59.6 Å². The van der Waals surface area contributed by atoms with Crippen LogP contribution in [0.4, 0.5) is 0 Å². The van der Waals surface area contributed by atoms with Gasteiger partial charge in [0.2, 0.25) is 6.08 Å². The van der Waals surface area contributed by atoms with Crippen molar-refractivity contribution in [2.75, 3.05) is 0 Å². The second-order valence-electron chi connectivity index (χ2n) is 3.71. The van der Waals surface area contributed by atoms with Crippen molar-refractivity contribution in [1.82, 2.24) is 14.6 Å². The molecule has 0 N–H and O–H groups in total. The summed E-state index contributed by atoms with van der Waals surface area (Å²) >= 11 is 0. The molecule has 2 heterocycles. The lowest BCUT2D eigenvalue weighted by Crippen LogP contribution is -2.05. The molecule has 0 atom stereocenters. The molecule has 5 nitrogen and oxygen atoms in total. The van der Waals surface area contributed by atoms with Crippen molar-refractivity contribution in [3.8, 4) is 0 Å². The van der Waals surface area contributed by atoms with Gasteiger partial charge in [-0.2, -0.15) is 10.1 Å². The number of hydrogen-bond donors (Lipinski definition) is 0. The summed E-state index contributed by atoms with van der Waals surface area (Å²) in [5.41, 5.74) is 1.36. The molecule has 74 valence electrons. The summed E-state index contributed by atoms with van der Waals surface area (Å²) in [7, 11) is 0. The number of carbonyl (C=O) groups excluding carboxylic acids is 1. The van der Waals surface area contributed by atoms with Gasteiger partial charge in [0.25, 0.3) is 0 Å². The van der Waals surface area contributed by atoms with Crippen LogP contribution in [0, 0.1) is 0 Å². The molecule has 0 radical (unpaired) electrons. The Bertz CT molecular complexity index is 564. The Hall–Kier alpha value is -2.00. The van der Waals surface area contributed by atoms with Crippen LogP contribution in [-0.2, 0) is 10.3 Å². The zero-order chi connectivity index (χ0) is 10.3. The van der Waals surface area contributed by atoms with Crippen LogP contribution in [0.25, 0.3) is 5.65 Å². The molecule has 0 aliphatic heterocycles. The van der Waals surface area contributed by atoms with E-state index < -0.39 is 0 Å². The number of rotatable bonds is 2. The number of isocyanates is 1. The fourth-order valence-electron chi connectivity index (χ4n) is 1.72. The van der Waals surface area contributed by atoms with E-state index in [-0.39, 0.29) is 5.54 Å². The molecule has 5 heteroatoms. The van der Waals surface area contributed by atoms with E-state index in [9.17, 15) is 4.79 Å². The average Bonchev–Trinajstić information content (AvgIpc) is 2.89. The first kappa shape index (κ1) is 8.32. The third-order valence-electron chi connectivity index (χ3n) is 2.77. The molecular weight excluding hydrogens is 192 g/mol. The number of aromatic nitrogens is 3. The van der Waals surface area contributed by atoms with Gasteiger partial charge in [-0.3, -0.25) is 0 Å². The maximum atomic E-state index is 10.3. The van der Waals surface area contributed by atoms with Crippen molar-refractivity contribution in [2.24, 2.45) is 4.99 Å². The molecule has 1 saturated carbocycles. The van der Waals surface area contributed by atoms with E-state index in [0.29, 0.717) is 0 Å². The van der Waals surface area contributed by atoms with Crippen molar-refractivity contribution in [2.45, 2.75) is 18.4 Å². The normalized spacial score (nSPS) is 17.3. The molecule has 2 aromatic heterocycles. The molecule has 1 aliphatic rings. The van der Waals surface area contributed by atoms with Crippen LogP contribution >= 0.6 is 0 Å². The average molecular weight is 200 g/mol. The quantitative estimate of drug-likeness (QED) is 0.537. The van der Waals surface area contributed by atoms with Crippen molar-refractivity contribution in [3.05, 3.63) is 30.2 Å². The molecule has 0 bridgehead atoms. The van der Waals surface area contributed by atoms with Gasteiger partial charge in [0, 0.05) is 24.0 Å². The third-order valence-corrected chi connectivity index (χ3v) is 2.77. The number of hydrogen-bond acceptors (Lipinski definition) is 4. The Morgan fingerprint density at radius 1 is 1.53 bits per heavy atom. The Morgan fingerprint density at radius 2 is 2.40 bits per heavy atom. The highest BCUT2D eigenvalue weighted by atomic mass is 16.1. The van der Waals surface area contributed by atoms with Crippen molar-refractivity contribution in [3.63, 3.8) is 0 Å². The first-order chi connectivity index (χ1) is 7.34. The van der Waals surface area contributed by atoms with Gasteiger partial charge in [0.15, 0.2) is 5.65 Å². The van der Waals surface area contributed by atoms with Crippen LogP contribution in [0.2, 0.25) is 0 Å². The molecular formula is C10H8N4O. The predicted octanol–water partition coefficient (Wildman–Crippen LogP) is 1.05. The maximum absolute atomic E-state index is 10.3. The molecule has 0 spiro atoms. The summed E-state index contributed by atoms with van der Waals surface area (Å²) in [6, 6.07) is 1.83. The minimum Gasteiger partial charge on any atom is -0.237 e. The van der Waals surface area contributed by atoms with Crippen LogP contribution in [-0.4, -0.2) is 20.7 Å². The SMILES string of the molecule is O=C=NC1(c2cnc3ccnn3c2)CC1. The van der Waals surface area contributed by atoms with Gasteiger partial charge < -0.3 is 0 Å². The van der Waals surface area contributed by atoms with Gasteiger partial charge in [-0.05, 0) is 12.8 Å². The molecule has 0 amide bonds. The van der Waals surface area contributed by atoms with Crippen LogP contribution in [0.15, 0.2) is 29.6 Å². The van der Waals surface area contributed by atoms with E-state index >= 15 is 0 Å². The monoisotopic (exact) mass is 200 g/mol. The second-order valence-corrected chi connectivity index (χ2v) is 3.71. The Kier molecular flexibility index (Phi) is 1.52. The fourth-order valence-corrected chi connectivity index (χ4v) is 1.72. The van der Waals surface area contributed by atoms with Crippen LogP contribution in [0.5, 0.6) is 0 Å². The molecule has 2 aromatic rings. The summed E-state index contributed by atoms with van der Waals surface area (Å²) in [6.45, 7) is 0. The van der Waals surface area contributed by atoms with Gasteiger partial charge >= 0.3 is 0 Å². The number of fused-ring (bicyclic) bond motifs is 1. The molecule has 0 saturated heterocycles. The minimum atomic E-state index is -0.366. The summed E-state index contributed by atoms with van der Waals surface area (Å²) in [6.07, 6.45) is 8.71. The summed E-state index contributed by atoms with van der Waals surface area (Å²) < 4.78 is 1.69. The number of aliphatic imine (C=N–C) groups is 1. The highest BCUT2D eigenvalue weighted by molar-refractivity contribution is 5.42. The smallest absolute Gasteiger partial charge is 0.235 e. The minimum absolute atomic E-state index is 0.366. The number of nitrogens with zero attached hydrogens (tertiary/aromatic N) is 4. The summed E-state index contributed by atoms with van der Waals surface area (Å²) in [5.74, 6) is 0. The largest absolute Gasteiger partial charge is 0.237 e. The third kappa shape index (κ3) is 1.17. The standard InChI is InChI=1S/C10H8N4O/c15-7-12-10(2-3-10)8-5-11-9-1-4-13-14(9)6-8/h1,4-6H,2-3H2. The van der Waals surface area contributed by atoms with Crippen LogP contribution in [0.1, 0.15) is 18.4 Å². The summed E-state index contributed by atoms with van der Waals surface area (Å²) in [4.78, 5) is 18.4. The van der Waals surface area contributed by atoms with E-state index in [0.717, 1.165) is 24.1 Å². The summed E-state index contributed by atoms with van der Waals surface area (Å²) in [5, 5.41) is 4.09. The van der Waals surface area contributed by atoms with Crippen molar-refractivity contribution >= 4 is 11.7 Å². The van der Waals surface area contributed by atoms with Gasteiger partial charge in [-0.25, -0.2) is 14.3 Å². The van der Waals surface area contributed by atoms with E-state index in [1.54, 1.807) is 23.0 Å². The van der Waals surface area contributed by atoms with E-state index in [1.807, 2.05) is 12.3 Å². The van der Waals surface area contributed by atoms with Gasteiger partial charge in [-0.15, -0.1) is 0 Å². The van der Waals surface area contributed by atoms with Crippen LogP contribution < -0.4 is 0 Å². The zero-order valence-corrected chi connectivity index (χ0v) is 7.92. The Morgan fingerprint density at radius 3 is 3.13 bits per heavy atom. The van der Waals surface area contributed by atoms with E-state index in [4.69, 9.17) is 0 Å². The molecule has 0 unspecified atom stereocenters. The van der Waals surface area contributed by atoms with Crippen molar-refractivity contribution in [1.29, 1.82) is 0 Å². The Labute approximate surface area is 85.5 Å². The highest BCUT2D eigenvalue weighted by Crippen LogP contribution is 2.48. The van der Waals surface area contributed by atoms with E-state index in [1.165, 1.54) is 0 Å². The maximum Gasteiger partial charge on any atom is 0.235 e. The molecule has 1 fully saturated rings. The lowest BCUT2D eigenvalue weighted by atomic mass is 10.1. The molecule has 3 rings (SSSR count). The molecule has 1 aliphatic carbocycles. The Balaban J connectivity index is 2.15. The van der Waals surface area contributed by atoms with Crippen LogP contribution in [0.3, 0.4) is 0 Å². The first-order valence-electron chi connectivity index (χ1n) is 4.73.